The Balaban J connectivity index is 2.55. The molecule has 98 valence electrons. The van der Waals surface area contributed by atoms with Crippen LogP contribution in [0.4, 0.5) is 0 Å². The number of para-hydroxylation sites is 1. The van der Waals surface area contributed by atoms with Gasteiger partial charge in [-0.05, 0) is 35.0 Å². The standard InChI is InChI=1S/C18H20O/c1-5-12-10-11-15-16(17(12)18(2,3)4)13-8-6-7-9-14(13)19-15/h6-11H,5H2,1-4H3/i5D2. The number of benzene rings is 2. The van der Waals surface area contributed by atoms with Crippen LogP contribution in [0.1, 0.15) is 41.6 Å². The van der Waals surface area contributed by atoms with E-state index in [0.29, 0.717) is 0 Å². The van der Waals surface area contributed by atoms with Gasteiger partial charge in [0.2, 0.25) is 0 Å². The summed E-state index contributed by atoms with van der Waals surface area (Å²) in [5, 5.41) is 2.10. The van der Waals surface area contributed by atoms with E-state index in [0.717, 1.165) is 33.1 Å². The third-order valence-corrected chi connectivity index (χ3v) is 3.56. The Labute approximate surface area is 117 Å². The van der Waals surface area contributed by atoms with Crippen molar-refractivity contribution in [3.63, 3.8) is 0 Å². The average Bonchev–Trinajstić information content (AvgIpc) is 2.73. The van der Waals surface area contributed by atoms with E-state index in [9.17, 15) is 0 Å². The van der Waals surface area contributed by atoms with Crippen molar-refractivity contribution in [3.05, 3.63) is 47.5 Å². The molecule has 19 heavy (non-hydrogen) atoms. The zero-order valence-corrected chi connectivity index (χ0v) is 11.9. The molecule has 0 aliphatic rings. The maximum absolute atomic E-state index is 8.17. The van der Waals surface area contributed by atoms with Crippen molar-refractivity contribution in [2.75, 3.05) is 0 Å². The lowest BCUT2D eigenvalue weighted by Crippen LogP contribution is -2.14. The minimum absolute atomic E-state index is 0.162. The van der Waals surface area contributed by atoms with Crippen molar-refractivity contribution >= 4 is 21.9 Å². The van der Waals surface area contributed by atoms with Gasteiger partial charge in [-0.2, -0.15) is 0 Å². The van der Waals surface area contributed by atoms with Gasteiger partial charge in [-0.25, -0.2) is 0 Å². The van der Waals surface area contributed by atoms with Crippen LogP contribution in [0.15, 0.2) is 40.8 Å². The SMILES string of the molecule is [2H]C([2H])(C)c1ccc2oc3ccccc3c2c1C(C)(C)C. The molecule has 0 aliphatic heterocycles. The van der Waals surface area contributed by atoms with E-state index in [4.69, 9.17) is 7.16 Å². The van der Waals surface area contributed by atoms with Crippen molar-refractivity contribution in [1.29, 1.82) is 0 Å². The summed E-state index contributed by atoms with van der Waals surface area (Å²) in [6.07, 6.45) is -1.38. The van der Waals surface area contributed by atoms with Crippen molar-refractivity contribution in [2.45, 2.75) is 39.5 Å². The maximum Gasteiger partial charge on any atom is 0.135 e. The van der Waals surface area contributed by atoms with E-state index >= 15 is 0 Å². The number of hydrogen-bond donors (Lipinski definition) is 0. The summed E-state index contributed by atoms with van der Waals surface area (Å²) in [6, 6.07) is 11.7. The summed E-state index contributed by atoms with van der Waals surface area (Å²) < 4.78 is 22.3. The predicted molar refractivity (Wildman–Crippen MR) is 81.8 cm³/mol. The summed E-state index contributed by atoms with van der Waals surface area (Å²) >= 11 is 0. The second kappa shape index (κ2) is 4.12. The first-order valence-electron chi connectivity index (χ1n) is 7.65. The van der Waals surface area contributed by atoms with Crippen LogP contribution in [-0.4, -0.2) is 0 Å². The molecule has 2 aromatic carbocycles. The molecule has 0 radical (unpaired) electrons. The fourth-order valence-corrected chi connectivity index (χ4v) is 2.80. The molecular formula is C18H20O. The first kappa shape index (κ1) is 10.1. The molecular weight excluding hydrogens is 232 g/mol. The van der Waals surface area contributed by atoms with Crippen LogP contribution in [0.2, 0.25) is 0 Å². The lowest BCUT2D eigenvalue weighted by molar-refractivity contribution is 0.588. The average molecular weight is 254 g/mol. The van der Waals surface area contributed by atoms with E-state index in [2.05, 4.69) is 20.8 Å². The van der Waals surface area contributed by atoms with E-state index in [1.54, 1.807) is 6.92 Å². The monoisotopic (exact) mass is 254 g/mol. The number of rotatable bonds is 1. The lowest BCUT2D eigenvalue weighted by Gasteiger charge is -2.23. The second-order valence-electron chi connectivity index (χ2n) is 5.96. The van der Waals surface area contributed by atoms with Gasteiger partial charge >= 0.3 is 0 Å². The first-order valence-corrected chi connectivity index (χ1v) is 6.65. The summed E-state index contributed by atoms with van der Waals surface area (Å²) in [6.45, 7) is 7.99. The Morgan fingerprint density at radius 3 is 2.47 bits per heavy atom. The van der Waals surface area contributed by atoms with Crippen molar-refractivity contribution in [3.8, 4) is 0 Å². The van der Waals surface area contributed by atoms with E-state index < -0.39 is 6.37 Å². The van der Waals surface area contributed by atoms with Gasteiger partial charge in [0.15, 0.2) is 0 Å². The highest BCUT2D eigenvalue weighted by Crippen LogP contribution is 2.39. The van der Waals surface area contributed by atoms with Gasteiger partial charge in [-0.1, -0.05) is 52.0 Å². The minimum atomic E-state index is -1.38. The van der Waals surface area contributed by atoms with Crippen LogP contribution in [0.5, 0.6) is 0 Å². The molecule has 0 saturated heterocycles. The zero-order chi connectivity index (χ0) is 15.4. The van der Waals surface area contributed by atoms with Crippen molar-refractivity contribution in [1.82, 2.24) is 0 Å². The molecule has 0 spiro atoms. The van der Waals surface area contributed by atoms with E-state index in [-0.39, 0.29) is 5.41 Å². The molecule has 0 atom stereocenters. The topological polar surface area (TPSA) is 13.1 Å². The summed E-state index contributed by atoms with van der Waals surface area (Å²) in [7, 11) is 0. The predicted octanol–water partition coefficient (Wildman–Crippen LogP) is 5.45. The highest BCUT2D eigenvalue weighted by atomic mass is 16.3. The van der Waals surface area contributed by atoms with Gasteiger partial charge in [-0.15, -0.1) is 0 Å². The summed E-state index contributed by atoms with van der Waals surface area (Å²) in [4.78, 5) is 0. The Bertz CT molecular complexity index is 817. The van der Waals surface area contributed by atoms with E-state index in [1.807, 2.05) is 36.4 Å². The Hall–Kier alpha value is -1.76. The maximum atomic E-state index is 8.17. The number of aryl methyl sites for hydroxylation is 1. The van der Waals surface area contributed by atoms with Crippen LogP contribution >= 0.6 is 0 Å². The molecule has 1 aromatic heterocycles. The van der Waals surface area contributed by atoms with Crippen molar-refractivity contribution in [2.24, 2.45) is 0 Å². The van der Waals surface area contributed by atoms with Gasteiger partial charge in [0.1, 0.15) is 11.2 Å². The Morgan fingerprint density at radius 2 is 1.79 bits per heavy atom. The molecule has 0 saturated carbocycles. The molecule has 0 amide bonds. The minimum Gasteiger partial charge on any atom is -0.456 e. The molecule has 0 fully saturated rings. The molecule has 3 aromatic rings. The number of fused-ring (bicyclic) bond motifs is 3. The zero-order valence-electron chi connectivity index (χ0n) is 13.9. The van der Waals surface area contributed by atoms with Gasteiger partial charge < -0.3 is 4.42 Å². The number of hydrogen-bond acceptors (Lipinski definition) is 1. The Kier molecular flexibility index (Phi) is 2.19. The third-order valence-electron chi connectivity index (χ3n) is 3.56. The van der Waals surface area contributed by atoms with Crippen molar-refractivity contribution < 1.29 is 7.16 Å². The van der Waals surface area contributed by atoms with Crippen LogP contribution in [0, 0.1) is 0 Å². The van der Waals surface area contributed by atoms with Crippen LogP contribution in [-0.2, 0) is 11.8 Å². The fourth-order valence-electron chi connectivity index (χ4n) is 2.80. The first-order chi connectivity index (χ1) is 9.69. The molecule has 3 rings (SSSR count). The highest BCUT2D eigenvalue weighted by Gasteiger charge is 2.23. The molecule has 1 heteroatoms. The summed E-state index contributed by atoms with van der Waals surface area (Å²) in [5.74, 6) is 0. The van der Waals surface area contributed by atoms with E-state index in [1.165, 1.54) is 0 Å². The van der Waals surface area contributed by atoms with Gasteiger partial charge in [0, 0.05) is 13.5 Å². The van der Waals surface area contributed by atoms with Crippen LogP contribution < -0.4 is 0 Å². The quantitative estimate of drug-likeness (QED) is 0.563. The van der Waals surface area contributed by atoms with Crippen LogP contribution in [0.3, 0.4) is 0 Å². The molecule has 1 heterocycles. The highest BCUT2D eigenvalue weighted by molar-refractivity contribution is 6.07. The van der Waals surface area contributed by atoms with Gasteiger partial charge in [0.05, 0.1) is 0 Å². The fraction of sp³-hybridized carbons (Fsp3) is 0.333. The largest absolute Gasteiger partial charge is 0.456 e. The molecule has 1 nitrogen and oxygen atoms in total. The number of furan rings is 1. The molecule has 0 aliphatic carbocycles. The molecule has 0 N–H and O–H groups in total. The van der Waals surface area contributed by atoms with Crippen LogP contribution in [0.25, 0.3) is 21.9 Å². The molecule has 0 unspecified atom stereocenters. The summed E-state index contributed by atoms with van der Waals surface area (Å²) in [5.41, 5.74) is 3.30. The third kappa shape index (κ3) is 1.85. The second-order valence-corrected chi connectivity index (χ2v) is 5.96. The smallest absolute Gasteiger partial charge is 0.135 e. The van der Waals surface area contributed by atoms with Gasteiger partial charge in [-0.3, -0.25) is 0 Å². The van der Waals surface area contributed by atoms with Gasteiger partial charge in [0.25, 0.3) is 0 Å². The molecule has 0 bridgehead atoms. The lowest BCUT2D eigenvalue weighted by atomic mass is 9.80. The Morgan fingerprint density at radius 1 is 1.05 bits per heavy atom. The normalized spacial score (nSPS) is 14.7.